The fourth-order valence-corrected chi connectivity index (χ4v) is 5.45. The Morgan fingerprint density at radius 2 is 1.71 bits per heavy atom. The van der Waals surface area contributed by atoms with Gasteiger partial charge in [0.25, 0.3) is 11.7 Å². The van der Waals surface area contributed by atoms with E-state index in [1.807, 2.05) is 30.3 Å². The van der Waals surface area contributed by atoms with Gasteiger partial charge in [-0.1, -0.05) is 37.5 Å². The molecule has 0 spiro atoms. The second-order valence-corrected chi connectivity index (χ2v) is 8.94. The molecule has 160 valence electrons. The second kappa shape index (κ2) is 8.29. The standard InChI is InChI=1S/C26H28N2O3/c29-24(19-14-13-17-8-4-5-9-18(17)16-19)22-23(21-12-6-7-15-27-21)28(26(31)25(22)30)20-10-2-1-3-11-20/h6-7,12-16,20,23,29H,1-5,8-11H2/b24-22-. The maximum atomic E-state index is 13.2. The Labute approximate surface area is 182 Å². The lowest BCUT2D eigenvalue weighted by Gasteiger charge is -2.35. The summed E-state index contributed by atoms with van der Waals surface area (Å²) in [6.45, 7) is 0. The number of ketones is 1. The van der Waals surface area contributed by atoms with Crippen molar-refractivity contribution >= 4 is 17.4 Å². The molecule has 5 heteroatoms. The van der Waals surface area contributed by atoms with Gasteiger partial charge in [0.1, 0.15) is 11.8 Å². The fraction of sp³-hybridized carbons (Fsp3) is 0.423. The van der Waals surface area contributed by atoms with Gasteiger partial charge < -0.3 is 10.0 Å². The Balaban J connectivity index is 1.63. The van der Waals surface area contributed by atoms with Crippen molar-refractivity contribution in [3.05, 3.63) is 70.6 Å². The molecular weight excluding hydrogens is 388 g/mol. The zero-order valence-corrected chi connectivity index (χ0v) is 17.7. The molecule has 2 aliphatic carbocycles. The average Bonchev–Trinajstić information content (AvgIpc) is 3.10. The Bertz CT molecular complexity index is 1040. The number of amides is 1. The van der Waals surface area contributed by atoms with Crippen LogP contribution in [-0.2, 0) is 22.4 Å². The van der Waals surface area contributed by atoms with E-state index < -0.39 is 17.7 Å². The molecule has 1 unspecified atom stereocenters. The first-order valence-corrected chi connectivity index (χ1v) is 11.5. The predicted molar refractivity (Wildman–Crippen MR) is 118 cm³/mol. The van der Waals surface area contributed by atoms with Gasteiger partial charge in [0.2, 0.25) is 0 Å². The fourth-order valence-electron chi connectivity index (χ4n) is 5.45. The van der Waals surface area contributed by atoms with E-state index in [-0.39, 0.29) is 17.4 Å². The number of likely N-dealkylation sites (tertiary alicyclic amines) is 1. The number of fused-ring (bicyclic) bond motifs is 1. The lowest BCUT2D eigenvalue weighted by Crippen LogP contribution is -2.40. The normalized spacial score (nSPS) is 23.7. The van der Waals surface area contributed by atoms with Crippen LogP contribution in [0.15, 0.2) is 48.2 Å². The maximum Gasteiger partial charge on any atom is 0.295 e. The van der Waals surface area contributed by atoms with Crippen LogP contribution in [-0.4, -0.2) is 32.7 Å². The highest BCUT2D eigenvalue weighted by atomic mass is 16.3. The van der Waals surface area contributed by atoms with Crippen LogP contribution in [0.5, 0.6) is 0 Å². The van der Waals surface area contributed by atoms with Crippen LogP contribution in [0.3, 0.4) is 0 Å². The number of Topliss-reactive ketones (excluding diaryl/α,β-unsaturated/α-hetero) is 1. The van der Waals surface area contributed by atoms with Crippen molar-refractivity contribution in [1.29, 1.82) is 0 Å². The van der Waals surface area contributed by atoms with Crippen molar-refractivity contribution in [3.63, 3.8) is 0 Å². The van der Waals surface area contributed by atoms with Gasteiger partial charge in [0, 0.05) is 17.8 Å². The van der Waals surface area contributed by atoms with Crippen LogP contribution in [0.4, 0.5) is 0 Å². The van der Waals surface area contributed by atoms with E-state index in [1.165, 1.54) is 17.5 Å². The molecule has 0 radical (unpaired) electrons. The van der Waals surface area contributed by atoms with Gasteiger partial charge in [-0.05, 0) is 67.9 Å². The zero-order chi connectivity index (χ0) is 21.4. The van der Waals surface area contributed by atoms with E-state index in [9.17, 15) is 14.7 Å². The molecule has 5 rings (SSSR count). The Morgan fingerprint density at radius 1 is 0.935 bits per heavy atom. The average molecular weight is 417 g/mol. The summed E-state index contributed by atoms with van der Waals surface area (Å²) in [6.07, 6.45) is 11.1. The minimum Gasteiger partial charge on any atom is -0.507 e. The quantitative estimate of drug-likeness (QED) is 0.447. The van der Waals surface area contributed by atoms with Crippen LogP contribution in [0.2, 0.25) is 0 Å². The summed E-state index contributed by atoms with van der Waals surface area (Å²) in [5.74, 6) is -1.20. The molecule has 1 saturated heterocycles. The van der Waals surface area contributed by atoms with Gasteiger partial charge in [-0.2, -0.15) is 0 Å². The number of benzene rings is 1. The summed E-state index contributed by atoms with van der Waals surface area (Å²) in [5, 5.41) is 11.3. The van der Waals surface area contributed by atoms with Crippen molar-refractivity contribution in [1.82, 2.24) is 9.88 Å². The number of carbonyl (C=O) groups is 2. The van der Waals surface area contributed by atoms with Crippen LogP contribution < -0.4 is 0 Å². The summed E-state index contributed by atoms with van der Waals surface area (Å²) >= 11 is 0. The largest absolute Gasteiger partial charge is 0.507 e. The van der Waals surface area contributed by atoms with E-state index in [0.29, 0.717) is 11.3 Å². The Morgan fingerprint density at radius 3 is 2.45 bits per heavy atom. The number of hydrogen-bond donors (Lipinski definition) is 1. The molecule has 31 heavy (non-hydrogen) atoms. The number of hydrogen-bond acceptors (Lipinski definition) is 4. The van der Waals surface area contributed by atoms with Crippen LogP contribution in [0.25, 0.3) is 5.76 Å². The molecule has 5 nitrogen and oxygen atoms in total. The molecule has 1 N–H and O–H groups in total. The molecule has 1 aromatic heterocycles. The molecule has 1 amide bonds. The van der Waals surface area contributed by atoms with Crippen LogP contribution in [0.1, 0.15) is 73.4 Å². The third kappa shape index (κ3) is 3.56. The number of aryl methyl sites for hydroxylation is 2. The maximum absolute atomic E-state index is 13.2. The summed E-state index contributed by atoms with van der Waals surface area (Å²) in [7, 11) is 0. The monoisotopic (exact) mass is 416 g/mol. The van der Waals surface area contributed by atoms with Gasteiger partial charge in [-0.25, -0.2) is 0 Å². The second-order valence-electron chi connectivity index (χ2n) is 8.94. The number of carbonyl (C=O) groups excluding carboxylic acids is 2. The zero-order valence-electron chi connectivity index (χ0n) is 17.7. The molecule has 2 heterocycles. The van der Waals surface area contributed by atoms with Gasteiger partial charge in [-0.15, -0.1) is 0 Å². The third-order valence-electron chi connectivity index (χ3n) is 7.04. The van der Waals surface area contributed by atoms with E-state index in [4.69, 9.17) is 0 Å². The third-order valence-corrected chi connectivity index (χ3v) is 7.04. The lowest BCUT2D eigenvalue weighted by molar-refractivity contribution is -0.141. The molecule has 2 fully saturated rings. The van der Waals surface area contributed by atoms with Crippen molar-refractivity contribution in [3.8, 4) is 0 Å². The molecule has 1 atom stereocenters. The van der Waals surface area contributed by atoms with E-state index in [2.05, 4.69) is 11.1 Å². The molecular formula is C26H28N2O3. The molecule has 1 aliphatic heterocycles. The van der Waals surface area contributed by atoms with E-state index in [0.717, 1.165) is 51.4 Å². The number of nitrogens with zero attached hydrogens (tertiary/aromatic N) is 2. The first kappa shape index (κ1) is 20.0. The Hall–Kier alpha value is -2.95. The minimum atomic E-state index is -0.639. The van der Waals surface area contributed by atoms with Crippen molar-refractivity contribution in [2.45, 2.75) is 69.9 Å². The first-order chi connectivity index (χ1) is 15.1. The predicted octanol–water partition coefficient (Wildman–Crippen LogP) is 4.71. The molecule has 1 aromatic carbocycles. The summed E-state index contributed by atoms with van der Waals surface area (Å²) in [6, 6.07) is 10.8. The van der Waals surface area contributed by atoms with Gasteiger partial charge in [0.05, 0.1) is 11.3 Å². The molecule has 2 aromatic rings. The number of aliphatic hydroxyl groups excluding tert-OH is 1. The summed E-state index contributed by atoms with van der Waals surface area (Å²) < 4.78 is 0. The molecule has 0 bridgehead atoms. The van der Waals surface area contributed by atoms with E-state index in [1.54, 1.807) is 11.1 Å². The lowest BCUT2D eigenvalue weighted by atomic mass is 9.89. The van der Waals surface area contributed by atoms with Crippen molar-refractivity contribution in [2.75, 3.05) is 0 Å². The first-order valence-electron chi connectivity index (χ1n) is 11.5. The van der Waals surface area contributed by atoms with Crippen molar-refractivity contribution in [2.24, 2.45) is 0 Å². The topological polar surface area (TPSA) is 70.5 Å². The molecule has 1 saturated carbocycles. The minimum absolute atomic E-state index is 0.00559. The smallest absolute Gasteiger partial charge is 0.295 e. The highest BCUT2D eigenvalue weighted by Crippen LogP contribution is 2.42. The molecule has 3 aliphatic rings. The van der Waals surface area contributed by atoms with Gasteiger partial charge in [-0.3, -0.25) is 14.6 Å². The number of aromatic nitrogens is 1. The van der Waals surface area contributed by atoms with E-state index >= 15 is 0 Å². The van der Waals surface area contributed by atoms with Crippen LogP contribution >= 0.6 is 0 Å². The SMILES string of the molecule is O=C1C(=O)N(C2CCCCC2)C(c2ccccn2)/C1=C(/O)c1ccc2c(c1)CCCC2. The van der Waals surface area contributed by atoms with Crippen molar-refractivity contribution < 1.29 is 14.7 Å². The van der Waals surface area contributed by atoms with Gasteiger partial charge >= 0.3 is 0 Å². The Kier molecular flexibility index (Phi) is 5.34. The number of aliphatic hydroxyl groups is 1. The highest BCUT2D eigenvalue weighted by Gasteiger charge is 2.49. The number of rotatable bonds is 3. The van der Waals surface area contributed by atoms with Crippen LogP contribution in [0, 0.1) is 0 Å². The summed E-state index contributed by atoms with van der Waals surface area (Å²) in [4.78, 5) is 32.6. The highest BCUT2D eigenvalue weighted by molar-refractivity contribution is 6.46. The number of pyridine rings is 1. The van der Waals surface area contributed by atoms with Gasteiger partial charge in [0.15, 0.2) is 0 Å². The summed E-state index contributed by atoms with van der Waals surface area (Å²) in [5.41, 5.74) is 3.96.